The fraction of sp³-hybridized carbons (Fsp3) is 0.429. The predicted octanol–water partition coefficient (Wildman–Crippen LogP) is 0.130. The fourth-order valence-corrected chi connectivity index (χ4v) is 0.878. The number of aryl methyl sites for hydroxylation is 1. The van der Waals surface area contributed by atoms with Crippen molar-refractivity contribution in [2.24, 2.45) is 7.05 Å². The van der Waals surface area contributed by atoms with E-state index in [1.807, 2.05) is 0 Å². The van der Waals surface area contributed by atoms with E-state index in [1.165, 1.54) is 10.6 Å². The van der Waals surface area contributed by atoms with Crippen LogP contribution in [0.1, 0.15) is 5.69 Å². The van der Waals surface area contributed by atoms with Gasteiger partial charge in [0, 0.05) is 25.9 Å². The van der Waals surface area contributed by atoms with Gasteiger partial charge in [-0.2, -0.15) is 0 Å². The summed E-state index contributed by atoms with van der Waals surface area (Å²) in [5, 5.41) is 2.83. The minimum absolute atomic E-state index is 0.0400. The third kappa shape index (κ3) is 1.39. The topological polar surface area (TPSA) is 46.9 Å². The summed E-state index contributed by atoms with van der Waals surface area (Å²) in [5.74, 6) is 0.593. The van der Waals surface area contributed by atoms with Crippen molar-refractivity contribution in [3.8, 4) is 0 Å². The maximum absolute atomic E-state index is 11.1. The third-order valence-corrected chi connectivity index (χ3v) is 1.49. The van der Waals surface area contributed by atoms with Crippen LogP contribution in [0.2, 0.25) is 0 Å². The standard InChI is InChI=1S/C7H11N3O/c1-5-4-6(11)10(3)7(8-2)9-5/h4H,1-3H3,(H,8,9). The van der Waals surface area contributed by atoms with E-state index in [4.69, 9.17) is 0 Å². The molecule has 1 heterocycles. The van der Waals surface area contributed by atoms with Gasteiger partial charge in [-0.15, -0.1) is 0 Å². The van der Waals surface area contributed by atoms with Crippen molar-refractivity contribution in [1.82, 2.24) is 9.55 Å². The largest absolute Gasteiger partial charge is 0.359 e. The smallest absolute Gasteiger partial charge is 0.254 e. The Kier molecular flexibility index (Phi) is 1.94. The van der Waals surface area contributed by atoms with Gasteiger partial charge in [-0.3, -0.25) is 9.36 Å². The molecule has 1 rings (SSSR count). The molecule has 60 valence electrons. The molecule has 0 aromatic carbocycles. The average Bonchev–Trinajstić information content (AvgIpc) is 1.96. The van der Waals surface area contributed by atoms with Crippen LogP contribution in [0.4, 0.5) is 5.95 Å². The zero-order chi connectivity index (χ0) is 8.43. The molecule has 0 aliphatic heterocycles. The van der Waals surface area contributed by atoms with Crippen LogP contribution >= 0.6 is 0 Å². The first-order valence-corrected chi connectivity index (χ1v) is 3.37. The number of hydrogen-bond acceptors (Lipinski definition) is 3. The van der Waals surface area contributed by atoms with E-state index in [9.17, 15) is 4.79 Å². The van der Waals surface area contributed by atoms with Crippen LogP contribution in [0, 0.1) is 6.92 Å². The van der Waals surface area contributed by atoms with Crippen molar-refractivity contribution in [2.45, 2.75) is 6.92 Å². The van der Waals surface area contributed by atoms with Crippen molar-refractivity contribution in [1.29, 1.82) is 0 Å². The SMILES string of the molecule is CNc1nc(C)cc(=O)n1C. The molecule has 0 aliphatic rings. The highest BCUT2D eigenvalue weighted by Gasteiger charge is 1.98. The second-order valence-corrected chi connectivity index (χ2v) is 2.37. The highest BCUT2D eigenvalue weighted by atomic mass is 16.1. The zero-order valence-electron chi connectivity index (χ0n) is 6.88. The minimum atomic E-state index is -0.0400. The first kappa shape index (κ1) is 7.78. The number of anilines is 1. The van der Waals surface area contributed by atoms with Gasteiger partial charge in [-0.25, -0.2) is 4.98 Å². The van der Waals surface area contributed by atoms with Gasteiger partial charge in [0.25, 0.3) is 5.56 Å². The lowest BCUT2D eigenvalue weighted by atomic mass is 10.4. The second kappa shape index (κ2) is 2.74. The minimum Gasteiger partial charge on any atom is -0.359 e. The van der Waals surface area contributed by atoms with Crippen LogP contribution < -0.4 is 10.9 Å². The molecular weight excluding hydrogens is 142 g/mol. The molecule has 0 radical (unpaired) electrons. The lowest BCUT2D eigenvalue weighted by molar-refractivity contribution is 0.824. The number of nitrogens with one attached hydrogen (secondary N) is 1. The Balaban J connectivity index is 3.36. The lowest BCUT2D eigenvalue weighted by Crippen LogP contribution is -2.20. The number of hydrogen-bond donors (Lipinski definition) is 1. The Morgan fingerprint density at radius 1 is 1.64 bits per heavy atom. The predicted molar refractivity (Wildman–Crippen MR) is 43.8 cm³/mol. The number of nitrogens with zero attached hydrogens (tertiary/aromatic N) is 2. The monoisotopic (exact) mass is 153 g/mol. The quantitative estimate of drug-likeness (QED) is 0.623. The van der Waals surface area contributed by atoms with Gasteiger partial charge >= 0.3 is 0 Å². The maximum Gasteiger partial charge on any atom is 0.254 e. The highest BCUT2D eigenvalue weighted by Crippen LogP contribution is 1.96. The summed E-state index contributed by atoms with van der Waals surface area (Å²) in [5.41, 5.74) is 0.694. The maximum atomic E-state index is 11.1. The Labute approximate surface area is 64.9 Å². The van der Waals surface area contributed by atoms with Crippen molar-refractivity contribution in [3.05, 3.63) is 22.1 Å². The van der Waals surface area contributed by atoms with Crippen molar-refractivity contribution in [2.75, 3.05) is 12.4 Å². The molecule has 1 aromatic rings. The molecule has 11 heavy (non-hydrogen) atoms. The summed E-state index contributed by atoms with van der Waals surface area (Å²) >= 11 is 0. The highest BCUT2D eigenvalue weighted by molar-refractivity contribution is 5.25. The van der Waals surface area contributed by atoms with Gasteiger partial charge in [0.05, 0.1) is 0 Å². The number of aromatic nitrogens is 2. The molecule has 0 aliphatic carbocycles. The van der Waals surface area contributed by atoms with Crippen LogP contribution in [0.5, 0.6) is 0 Å². The Bertz CT molecular complexity index is 316. The fourth-order valence-electron chi connectivity index (χ4n) is 0.878. The molecule has 0 amide bonds. The van der Waals surface area contributed by atoms with Crippen LogP contribution in [0.25, 0.3) is 0 Å². The van der Waals surface area contributed by atoms with Gasteiger partial charge in [0.1, 0.15) is 0 Å². The van der Waals surface area contributed by atoms with E-state index in [0.29, 0.717) is 5.95 Å². The van der Waals surface area contributed by atoms with Crippen LogP contribution in [0.15, 0.2) is 10.9 Å². The summed E-state index contributed by atoms with van der Waals surface area (Å²) in [6.45, 7) is 1.79. The molecule has 0 bridgehead atoms. The Morgan fingerprint density at radius 2 is 2.27 bits per heavy atom. The van der Waals surface area contributed by atoms with Crippen LogP contribution in [-0.4, -0.2) is 16.6 Å². The van der Waals surface area contributed by atoms with E-state index in [0.717, 1.165) is 5.69 Å². The summed E-state index contributed by atoms with van der Waals surface area (Å²) in [6, 6.07) is 1.50. The molecule has 0 unspecified atom stereocenters. The average molecular weight is 153 g/mol. The Hall–Kier alpha value is -1.32. The Morgan fingerprint density at radius 3 is 2.82 bits per heavy atom. The molecule has 4 heteroatoms. The molecule has 1 N–H and O–H groups in total. The third-order valence-electron chi connectivity index (χ3n) is 1.49. The van der Waals surface area contributed by atoms with Gasteiger partial charge in [0.15, 0.2) is 0 Å². The van der Waals surface area contributed by atoms with E-state index in [1.54, 1.807) is 21.0 Å². The molecule has 4 nitrogen and oxygen atoms in total. The van der Waals surface area contributed by atoms with Crippen molar-refractivity contribution < 1.29 is 0 Å². The molecule has 0 fully saturated rings. The van der Waals surface area contributed by atoms with Crippen molar-refractivity contribution in [3.63, 3.8) is 0 Å². The summed E-state index contributed by atoms with van der Waals surface area (Å²) in [7, 11) is 3.42. The number of rotatable bonds is 1. The molecule has 1 aromatic heterocycles. The summed E-state index contributed by atoms with van der Waals surface area (Å²) in [6.07, 6.45) is 0. The molecule has 0 spiro atoms. The molecule has 0 saturated heterocycles. The van der Waals surface area contributed by atoms with E-state index < -0.39 is 0 Å². The van der Waals surface area contributed by atoms with E-state index >= 15 is 0 Å². The van der Waals surface area contributed by atoms with E-state index in [-0.39, 0.29) is 5.56 Å². The summed E-state index contributed by atoms with van der Waals surface area (Å²) in [4.78, 5) is 15.2. The van der Waals surface area contributed by atoms with Crippen LogP contribution in [0.3, 0.4) is 0 Å². The van der Waals surface area contributed by atoms with Gasteiger partial charge in [-0.05, 0) is 6.92 Å². The van der Waals surface area contributed by atoms with Crippen molar-refractivity contribution >= 4 is 5.95 Å². The molecule has 0 atom stereocenters. The van der Waals surface area contributed by atoms with Gasteiger partial charge < -0.3 is 5.32 Å². The normalized spacial score (nSPS) is 9.73. The molecular formula is C7H11N3O. The van der Waals surface area contributed by atoms with Gasteiger partial charge in [-0.1, -0.05) is 0 Å². The second-order valence-electron chi connectivity index (χ2n) is 2.37. The lowest BCUT2D eigenvalue weighted by Gasteiger charge is -2.05. The van der Waals surface area contributed by atoms with Crippen LogP contribution in [-0.2, 0) is 7.05 Å². The summed E-state index contributed by atoms with van der Waals surface area (Å²) < 4.78 is 1.47. The molecule has 0 saturated carbocycles. The van der Waals surface area contributed by atoms with E-state index in [2.05, 4.69) is 10.3 Å². The first-order valence-electron chi connectivity index (χ1n) is 3.37. The first-order chi connectivity index (χ1) is 5.15. The zero-order valence-corrected chi connectivity index (χ0v) is 6.88. The van der Waals surface area contributed by atoms with Gasteiger partial charge in [0.2, 0.25) is 5.95 Å².